The van der Waals surface area contributed by atoms with Crippen molar-refractivity contribution in [1.29, 1.82) is 0 Å². The number of halogens is 2. The number of rotatable bonds is 6. The molecule has 2 aromatic heterocycles. The van der Waals surface area contributed by atoms with E-state index in [1.54, 1.807) is 0 Å². The number of aryl methyl sites for hydroxylation is 1. The highest BCUT2D eigenvalue weighted by Gasteiger charge is 2.25. The van der Waals surface area contributed by atoms with E-state index in [1.165, 1.54) is 0 Å². The van der Waals surface area contributed by atoms with Gasteiger partial charge in [-0.25, -0.2) is 9.67 Å². The minimum absolute atomic E-state index is 0. The zero-order valence-corrected chi connectivity index (χ0v) is 19.8. The molecular weight excluding hydrogens is 397 g/mol. The third-order valence-electron chi connectivity index (χ3n) is 4.43. The number of carbonyl (C=O) groups excluding carboxylic acids is 1. The summed E-state index contributed by atoms with van der Waals surface area (Å²) in [4.78, 5) is 17.8. The van der Waals surface area contributed by atoms with Gasteiger partial charge in [0.25, 0.3) is 5.91 Å². The van der Waals surface area contributed by atoms with Crippen LogP contribution in [0.3, 0.4) is 0 Å². The van der Waals surface area contributed by atoms with Crippen LogP contribution in [-0.2, 0) is 5.54 Å². The van der Waals surface area contributed by atoms with Crippen molar-refractivity contribution in [3.63, 3.8) is 0 Å². The molecule has 1 atom stereocenters. The Bertz CT molecular complexity index is 796. The highest BCUT2D eigenvalue weighted by atomic mass is 35.5. The smallest absolute Gasteiger partial charge is 0.252 e. The van der Waals surface area contributed by atoms with Gasteiger partial charge in [0.2, 0.25) is 0 Å². The number of likely N-dealkylation sites (N-methyl/N-ethyl adjacent to an activating group) is 1. The van der Waals surface area contributed by atoms with Crippen molar-refractivity contribution < 1.29 is 4.79 Å². The molecule has 0 bridgehead atoms. The Hall–Kier alpha value is -1.37. The summed E-state index contributed by atoms with van der Waals surface area (Å²) in [6, 6.07) is 2.14. The Labute approximate surface area is 181 Å². The Morgan fingerprint density at radius 3 is 2.32 bits per heavy atom. The first-order valence-corrected chi connectivity index (χ1v) is 9.48. The van der Waals surface area contributed by atoms with E-state index in [4.69, 9.17) is 10.1 Å². The number of carbonyl (C=O) groups is 1. The number of nitrogens with one attached hydrogen (secondary N) is 2. The predicted octanol–water partition coefficient (Wildman–Crippen LogP) is 4.19. The number of amides is 1. The molecule has 0 spiro atoms. The molecule has 0 aliphatic carbocycles. The highest BCUT2D eigenvalue weighted by Crippen LogP contribution is 2.28. The highest BCUT2D eigenvalue weighted by molar-refractivity contribution is 6.06. The molecule has 0 aliphatic heterocycles. The predicted molar refractivity (Wildman–Crippen MR) is 121 cm³/mol. The van der Waals surface area contributed by atoms with Gasteiger partial charge in [-0.2, -0.15) is 5.10 Å². The molecule has 2 aromatic rings. The van der Waals surface area contributed by atoms with E-state index in [1.807, 2.05) is 17.7 Å². The minimum atomic E-state index is -0.206. The Balaban J connectivity index is 0.00000364. The van der Waals surface area contributed by atoms with Gasteiger partial charge in [0, 0.05) is 18.3 Å². The van der Waals surface area contributed by atoms with Crippen LogP contribution in [-0.4, -0.2) is 39.8 Å². The molecular formula is C20H35Cl2N5O. The summed E-state index contributed by atoms with van der Waals surface area (Å²) in [5.41, 5.74) is 2.99. The lowest BCUT2D eigenvalue weighted by molar-refractivity contribution is 0.0951. The molecule has 1 amide bonds. The third-order valence-corrected chi connectivity index (χ3v) is 4.43. The lowest BCUT2D eigenvalue weighted by Gasteiger charge is -2.20. The summed E-state index contributed by atoms with van der Waals surface area (Å²) in [7, 11) is 0. The summed E-state index contributed by atoms with van der Waals surface area (Å²) < 4.78 is 1.93. The van der Waals surface area contributed by atoms with E-state index < -0.39 is 0 Å². The normalized spacial score (nSPS) is 12.5. The number of hydrogen-bond donors (Lipinski definition) is 2. The maximum atomic E-state index is 12.9. The number of aromatic nitrogens is 3. The Morgan fingerprint density at radius 1 is 1.21 bits per heavy atom. The van der Waals surface area contributed by atoms with Crippen LogP contribution in [0.15, 0.2) is 6.07 Å². The largest absolute Gasteiger partial charge is 0.350 e. The fourth-order valence-corrected chi connectivity index (χ4v) is 3.01. The van der Waals surface area contributed by atoms with Crippen LogP contribution >= 0.6 is 24.8 Å². The second kappa shape index (κ2) is 10.4. The van der Waals surface area contributed by atoms with Crippen molar-refractivity contribution in [3.05, 3.63) is 23.0 Å². The van der Waals surface area contributed by atoms with Crippen molar-refractivity contribution in [3.8, 4) is 0 Å². The first kappa shape index (κ1) is 26.6. The molecule has 6 nitrogen and oxygen atoms in total. The van der Waals surface area contributed by atoms with Crippen molar-refractivity contribution in [1.82, 2.24) is 25.4 Å². The van der Waals surface area contributed by atoms with Crippen LogP contribution in [0, 0.1) is 6.92 Å². The van der Waals surface area contributed by atoms with Crippen molar-refractivity contribution in [2.45, 2.75) is 72.9 Å². The van der Waals surface area contributed by atoms with E-state index in [9.17, 15) is 4.79 Å². The summed E-state index contributed by atoms with van der Waals surface area (Å²) >= 11 is 0. The Morgan fingerprint density at radius 2 is 1.82 bits per heavy atom. The number of fused-ring (bicyclic) bond motifs is 1. The summed E-state index contributed by atoms with van der Waals surface area (Å²) in [5, 5.41) is 11.9. The molecule has 2 rings (SSSR count). The maximum absolute atomic E-state index is 12.9. The van der Waals surface area contributed by atoms with E-state index >= 15 is 0 Å². The molecule has 2 N–H and O–H groups in total. The topological polar surface area (TPSA) is 71.8 Å². The van der Waals surface area contributed by atoms with Crippen LogP contribution in [0.1, 0.15) is 76.1 Å². The van der Waals surface area contributed by atoms with E-state index in [0.29, 0.717) is 12.1 Å². The zero-order chi connectivity index (χ0) is 19.6. The summed E-state index contributed by atoms with van der Waals surface area (Å²) in [5.74, 6) is 0.163. The van der Waals surface area contributed by atoms with Gasteiger partial charge in [0.1, 0.15) is 0 Å². The lowest BCUT2D eigenvalue weighted by atomic mass is 10.0. The fourth-order valence-electron chi connectivity index (χ4n) is 3.01. The van der Waals surface area contributed by atoms with Gasteiger partial charge >= 0.3 is 0 Å². The second-order valence-corrected chi connectivity index (χ2v) is 8.28. The van der Waals surface area contributed by atoms with Gasteiger partial charge in [0.05, 0.1) is 22.2 Å². The zero-order valence-electron chi connectivity index (χ0n) is 18.2. The van der Waals surface area contributed by atoms with Gasteiger partial charge in [-0.1, -0.05) is 20.8 Å². The van der Waals surface area contributed by atoms with Crippen molar-refractivity contribution in [2.24, 2.45) is 0 Å². The molecule has 2 heterocycles. The minimum Gasteiger partial charge on any atom is -0.350 e. The molecule has 0 aliphatic rings. The first-order chi connectivity index (χ1) is 12.1. The first-order valence-electron chi connectivity index (χ1n) is 9.48. The fraction of sp³-hybridized carbons (Fsp3) is 0.650. The molecule has 0 aromatic carbocycles. The van der Waals surface area contributed by atoms with E-state index in [-0.39, 0.29) is 48.2 Å². The van der Waals surface area contributed by atoms with Crippen LogP contribution in [0.25, 0.3) is 11.0 Å². The van der Waals surface area contributed by atoms with Crippen LogP contribution in [0.4, 0.5) is 0 Å². The number of nitrogens with zero attached hydrogens (tertiary/aromatic N) is 3. The lowest BCUT2D eigenvalue weighted by Crippen LogP contribution is -2.38. The van der Waals surface area contributed by atoms with Gasteiger partial charge in [-0.05, 0) is 53.1 Å². The SMILES string of the molecule is CCN[C@H](C)CNC(=O)c1cc(C(C)C)nc2c1c(C)nn2C(C)(C)C.Cl.Cl. The number of pyridine rings is 1. The quantitative estimate of drug-likeness (QED) is 0.718. The molecule has 28 heavy (non-hydrogen) atoms. The van der Waals surface area contributed by atoms with E-state index in [0.717, 1.165) is 29.0 Å². The van der Waals surface area contributed by atoms with Gasteiger partial charge in [-0.3, -0.25) is 4.79 Å². The van der Waals surface area contributed by atoms with E-state index in [2.05, 4.69) is 59.1 Å². The molecule has 8 heteroatoms. The standard InChI is InChI=1S/C20H33N5O.2ClH/c1-9-21-13(4)11-22-19(26)15-10-16(12(2)3)23-18-17(15)14(5)24-25(18)20(6,7)8;;/h10,12-13,21H,9,11H2,1-8H3,(H,22,26);2*1H/t13-;;/m1../s1. The van der Waals surface area contributed by atoms with Crippen LogP contribution in [0.5, 0.6) is 0 Å². The molecule has 0 saturated carbocycles. The molecule has 160 valence electrons. The van der Waals surface area contributed by atoms with Crippen LogP contribution < -0.4 is 10.6 Å². The Kier molecular flexibility index (Phi) is 9.91. The van der Waals surface area contributed by atoms with Crippen molar-refractivity contribution >= 4 is 41.8 Å². The van der Waals surface area contributed by atoms with Crippen LogP contribution in [0.2, 0.25) is 0 Å². The average molecular weight is 432 g/mol. The summed E-state index contributed by atoms with van der Waals surface area (Å²) in [6.45, 7) is 18.0. The van der Waals surface area contributed by atoms with Gasteiger partial charge < -0.3 is 10.6 Å². The monoisotopic (exact) mass is 431 g/mol. The maximum Gasteiger partial charge on any atom is 0.252 e. The molecule has 0 saturated heterocycles. The summed E-state index contributed by atoms with van der Waals surface area (Å²) in [6.07, 6.45) is 0. The second-order valence-electron chi connectivity index (χ2n) is 8.28. The van der Waals surface area contributed by atoms with Crippen molar-refractivity contribution in [2.75, 3.05) is 13.1 Å². The van der Waals surface area contributed by atoms with Gasteiger partial charge in [0.15, 0.2) is 5.65 Å². The van der Waals surface area contributed by atoms with Gasteiger partial charge in [-0.15, -0.1) is 24.8 Å². The number of hydrogen-bond acceptors (Lipinski definition) is 4. The molecule has 0 radical (unpaired) electrons. The molecule has 0 unspecified atom stereocenters. The molecule has 0 fully saturated rings. The third kappa shape index (κ3) is 5.82. The average Bonchev–Trinajstić information content (AvgIpc) is 2.89.